The van der Waals surface area contributed by atoms with Crippen molar-refractivity contribution in [1.29, 1.82) is 5.26 Å². The highest BCUT2D eigenvalue weighted by atomic mass is 79.9. The molecule has 1 amide bonds. The third kappa shape index (κ3) is 5.01. The lowest BCUT2D eigenvalue weighted by atomic mass is 10.1. The van der Waals surface area contributed by atoms with Crippen molar-refractivity contribution in [2.45, 2.75) is 6.92 Å². The molecule has 34 heavy (non-hydrogen) atoms. The number of pyridine rings is 1. The lowest BCUT2D eigenvalue weighted by Crippen LogP contribution is -2.20. The van der Waals surface area contributed by atoms with E-state index < -0.39 is 11.5 Å². The fraction of sp³-hybridized carbons (Fsp3) is 0.0400. The normalized spacial score (nSPS) is 11.2. The zero-order valence-electron chi connectivity index (χ0n) is 17.8. The maximum absolute atomic E-state index is 13.4. The molecular formula is C25H16BrClN4O3. The van der Waals surface area contributed by atoms with Crippen molar-refractivity contribution < 1.29 is 9.53 Å². The summed E-state index contributed by atoms with van der Waals surface area (Å²) in [4.78, 5) is 30.6. The summed E-state index contributed by atoms with van der Waals surface area (Å²) in [5, 5.41) is 12.8. The second-order valence-corrected chi connectivity index (χ2v) is 8.56. The highest BCUT2D eigenvalue weighted by Gasteiger charge is 2.18. The molecule has 9 heteroatoms. The van der Waals surface area contributed by atoms with Crippen LogP contribution in [0.2, 0.25) is 5.02 Å². The SMILES string of the molecule is Cc1cccn2c(=O)c(/C=C(/C#N)C(=O)Nc3ccc(Cl)cc3)c(Oc3ccc(Br)cc3)nc12. The smallest absolute Gasteiger partial charge is 0.269 e. The van der Waals surface area contributed by atoms with Crippen molar-refractivity contribution in [2.75, 3.05) is 5.32 Å². The number of fused-ring (bicyclic) bond motifs is 1. The molecule has 2 heterocycles. The van der Waals surface area contributed by atoms with Gasteiger partial charge in [-0.1, -0.05) is 33.6 Å². The summed E-state index contributed by atoms with van der Waals surface area (Å²) in [5.74, 6) is -0.270. The molecule has 0 saturated heterocycles. The lowest BCUT2D eigenvalue weighted by molar-refractivity contribution is -0.112. The Morgan fingerprint density at radius 3 is 2.56 bits per heavy atom. The predicted molar refractivity (Wildman–Crippen MR) is 134 cm³/mol. The van der Waals surface area contributed by atoms with Gasteiger partial charge >= 0.3 is 0 Å². The molecule has 0 aliphatic rings. The molecule has 2 aromatic heterocycles. The fourth-order valence-corrected chi connectivity index (χ4v) is 3.52. The number of anilines is 1. The van der Waals surface area contributed by atoms with Crippen molar-refractivity contribution in [2.24, 2.45) is 0 Å². The van der Waals surface area contributed by atoms with Crippen molar-refractivity contribution in [3.8, 4) is 17.7 Å². The minimum Gasteiger partial charge on any atom is -0.438 e. The molecule has 0 saturated carbocycles. The van der Waals surface area contributed by atoms with Crippen LogP contribution in [0.1, 0.15) is 11.1 Å². The number of halogens is 2. The molecule has 0 spiro atoms. The average molecular weight is 536 g/mol. The Morgan fingerprint density at radius 1 is 1.18 bits per heavy atom. The van der Waals surface area contributed by atoms with Crippen LogP contribution in [-0.2, 0) is 4.79 Å². The van der Waals surface area contributed by atoms with E-state index in [0.29, 0.717) is 22.1 Å². The Labute approximate surface area is 208 Å². The molecule has 4 aromatic rings. The maximum Gasteiger partial charge on any atom is 0.269 e. The Hall–Kier alpha value is -3.93. The molecule has 168 valence electrons. The number of hydrogen-bond acceptors (Lipinski definition) is 5. The summed E-state index contributed by atoms with van der Waals surface area (Å²) < 4.78 is 8.12. The third-order valence-electron chi connectivity index (χ3n) is 4.83. The number of carbonyl (C=O) groups excluding carboxylic acids is 1. The number of aromatic nitrogens is 2. The lowest BCUT2D eigenvalue weighted by Gasteiger charge is -2.11. The van der Waals surface area contributed by atoms with Gasteiger partial charge in [0.2, 0.25) is 5.88 Å². The van der Waals surface area contributed by atoms with Crippen LogP contribution in [-0.4, -0.2) is 15.3 Å². The number of hydrogen-bond donors (Lipinski definition) is 1. The number of amides is 1. The largest absolute Gasteiger partial charge is 0.438 e. The van der Waals surface area contributed by atoms with Crippen LogP contribution < -0.4 is 15.6 Å². The van der Waals surface area contributed by atoms with Crippen molar-refractivity contribution in [3.63, 3.8) is 0 Å². The third-order valence-corrected chi connectivity index (χ3v) is 5.61. The van der Waals surface area contributed by atoms with Gasteiger partial charge in [-0.3, -0.25) is 14.0 Å². The number of ether oxygens (including phenoxy) is 1. The van der Waals surface area contributed by atoms with Gasteiger partial charge in [-0.2, -0.15) is 10.2 Å². The molecule has 2 aromatic carbocycles. The first-order valence-electron chi connectivity index (χ1n) is 10.00. The minimum atomic E-state index is -0.687. The first-order chi connectivity index (χ1) is 16.4. The summed E-state index contributed by atoms with van der Waals surface area (Å²) in [6, 6.07) is 18.8. The van der Waals surface area contributed by atoms with Gasteiger partial charge in [0.25, 0.3) is 11.5 Å². The van der Waals surface area contributed by atoms with Crippen LogP contribution in [0.15, 0.2) is 81.7 Å². The molecule has 0 atom stereocenters. The fourth-order valence-electron chi connectivity index (χ4n) is 3.13. The van der Waals surface area contributed by atoms with Gasteiger partial charge in [0.15, 0.2) is 0 Å². The summed E-state index contributed by atoms with van der Waals surface area (Å²) >= 11 is 9.24. The molecule has 0 bridgehead atoms. The first kappa shape index (κ1) is 23.2. The second kappa shape index (κ2) is 9.91. The van der Waals surface area contributed by atoms with Gasteiger partial charge in [0.1, 0.15) is 28.6 Å². The van der Waals surface area contributed by atoms with E-state index >= 15 is 0 Å². The molecule has 0 fully saturated rings. The van der Waals surface area contributed by atoms with Gasteiger partial charge in [-0.05, 0) is 73.2 Å². The number of nitriles is 1. The summed E-state index contributed by atoms with van der Waals surface area (Å²) in [6.07, 6.45) is 2.75. The van der Waals surface area contributed by atoms with E-state index in [1.54, 1.807) is 60.8 Å². The van der Waals surface area contributed by atoms with E-state index in [2.05, 4.69) is 26.2 Å². The van der Waals surface area contributed by atoms with Crippen LogP contribution in [0.4, 0.5) is 5.69 Å². The number of benzene rings is 2. The molecule has 0 radical (unpaired) electrons. The van der Waals surface area contributed by atoms with Gasteiger partial charge in [0, 0.05) is 21.4 Å². The van der Waals surface area contributed by atoms with E-state index in [-0.39, 0.29) is 17.0 Å². The van der Waals surface area contributed by atoms with Crippen LogP contribution in [0.25, 0.3) is 11.7 Å². The maximum atomic E-state index is 13.4. The average Bonchev–Trinajstić information content (AvgIpc) is 2.82. The molecule has 0 aliphatic carbocycles. The Bertz CT molecular complexity index is 1520. The first-order valence-corrected chi connectivity index (χ1v) is 11.2. The van der Waals surface area contributed by atoms with Gasteiger partial charge in [-0.15, -0.1) is 0 Å². The highest BCUT2D eigenvalue weighted by molar-refractivity contribution is 9.10. The van der Waals surface area contributed by atoms with E-state index in [9.17, 15) is 14.9 Å². The topological polar surface area (TPSA) is 96.5 Å². The molecule has 1 N–H and O–H groups in total. The number of aryl methyl sites for hydroxylation is 1. The monoisotopic (exact) mass is 534 g/mol. The summed E-state index contributed by atoms with van der Waals surface area (Å²) in [7, 11) is 0. The van der Waals surface area contributed by atoms with E-state index in [0.717, 1.165) is 10.0 Å². The van der Waals surface area contributed by atoms with Gasteiger partial charge in [0.05, 0.1) is 0 Å². The van der Waals surface area contributed by atoms with E-state index in [1.807, 2.05) is 19.1 Å². The van der Waals surface area contributed by atoms with Crippen molar-refractivity contribution in [3.05, 3.63) is 103 Å². The molecule has 0 unspecified atom stereocenters. The number of rotatable bonds is 5. The quantitative estimate of drug-likeness (QED) is 0.259. The summed E-state index contributed by atoms with van der Waals surface area (Å²) in [5.41, 5.74) is 0.812. The van der Waals surface area contributed by atoms with E-state index in [4.69, 9.17) is 16.3 Å². The Kier molecular flexibility index (Phi) is 6.77. The Balaban J connectivity index is 1.82. The van der Waals surface area contributed by atoms with Gasteiger partial charge in [-0.25, -0.2) is 0 Å². The standard InChI is InChI=1S/C25H16BrClN4O3/c1-15-3-2-12-31-22(15)30-24(34-20-10-4-17(26)5-11-20)21(25(31)33)13-16(14-28)23(32)29-19-8-6-18(27)7-9-19/h2-13H,1H3,(H,29,32)/b16-13-. The van der Waals surface area contributed by atoms with Crippen LogP contribution in [0.5, 0.6) is 11.6 Å². The number of nitrogens with one attached hydrogen (secondary N) is 1. The molecule has 0 aliphatic heterocycles. The van der Waals surface area contributed by atoms with Gasteiger partial charge < -0.3 is 10.1 Å². The predicted octanol–water partition coefficient (Wildman–Crippen LogP) is 5.76. The van der Waals surface area contributed by atoms with Crippen molar-refractivity contribution in [1.82, 2.24) is 9.38 Å². The summed E-state index contributed by atoms with van der Waals surface area (Å²) in [6.45, 7) is 1.82. The number of nitrogens with zero attached hydrogens (tertiary/aromatic N) is 3. The number of carbonyl (C=O) groups is 1. The molecule has 7 nitrogen and oxygen atoms in total. The zero-order valence-corrected chi connectivity index (χ0v) is 20.1. The van der Waals surface area contributed by atoms with Crippen LogP contribution >= 0.6 is 27.5 Å². The van der Waals surface area contributed by atoms with Crippen molar-refractivity contribution >= 4 is 50.8 Å². The molecular weight excluding hydrogens is 520 g/mol. The second-order valence-electron chi connectivity index (χ2n) is 7.21. The Morgan fingerprint density at radius 2 is 1.88 bits per heavy atom. The van der Waals surface area contributed by atoms with E-state index in [1.165, 1.54) is 10.5 Å². The highest BCUT2D eigenvalue weighted by Crippen LogP contribution is 2.26. The zero-order chi connectivity index (χ0) is 24.2. The van der Waals surface area contributed by atoms with Crippen LogP contribution in [0, 0.1) is 18.3 Å². The molecule has 4 rings (SSSR count). The van der Waals surface area contributed by atoms with Crippen LogP contribution in [0.3, 0.4) is 0 Å². The minimum absolute atomic E-state index is 0.0198.